The largest absolute Gasteiger partial charge is 0.382 e. The first-order chi connectivity index (χ1) is 12.6. The van der Waals surface area contributed by atoms with Crippen molar-refractivity contribution in [2.24, 2.45) is 0 Å². The molecule has 0 saturated heterocycles. The maximum absolute atomic E-state index is 6.21. The molecule has 0 radical (unpaired) electrons. The number of hydrogen-bond acceptors (Lipinski definition) is 6. The number of rotatable bonds is 3. The van der Waals surface area contributed by atoms with Gasteiger partial charge < -0.3 is 10.3 Å². The molecule has 26 heavy (non-hydrogen) atoms. The summed E-state index contributed by atoms with van der Waals surface area (Å²) in [5, 5.41) is 13.3. The second kappa shape index (κ2) is 6.44. The second-order valence-electron chi connectivity index (χ2n) is 5.52. The molecule has 0 aliphatic rings. The Balaban J connectivity index is 1.76. The van der Waals surface area contributed by atoms with Crippen molar-refractivity contribution < 1.29 is 4.52 Å². The van der Waals surface area contributed by atoms with Gasteiger partial charge in [-0.2, -0.15) is 9.67 Å². The predicted molar refractivity (Wildman–Crippen MR) is 99.3 cm³/mol. The zero-order chi connectivity index (χ0) is 18.3. The number of nitrogens with two attached hydrogens (primary N) is 1. The van der Waals surface area contributed by atoms with Crippen molar-refractivity contribution in [2.75, 3.05) is 5.73 Å². The van der Waals surface area contributed by atoms with E-state index >= 15 is 0 Å². The summed E-state index contributed by atoms with van der Waals surface area (Å²) >= 11 is 12.3. The molecule has 4 aromatic rings. The van der Waals surface area contributed by atoms with Crippen molar-refractivity contribution in [1.82, 2.24) is 25.1 Å². The molecule has 0 saturated carbocycles. The van der Waals surface area contributed by atoms with Gasteiger partial charge in [0.15, 0.2) is 11.5 Å². The lowest BCUT2D eigenvalue weighted by molar-refractivity contribution is 0.431. The van der Waals surface area contributed by atoms with Gasteiger partial charge >= 0.3 is 0 Å². The average Bonchev–Trinajstić information content (AvgIpc) is 3.25. The van der Waals surface area contributed by atoms with E-state index in [1.165, 1.54) is 4.68 Å². The van der Waals surface area contributed by atoms with Crippen LogP contribution in [0.2, 0.25) is 10.0 Å². The maximum Gasteiger partial charge on any atom is 0.282 e. The smallest absolute Gasteiger partial charge is 0.282 e. The summed E-state index contributed by atoms with van der Waals surface area (Å²) in [7, 11) is 0. The standard InChI is InChI=1S/C17H12Cl2N6O/c1-9-11(18)7-4-8-13(9)25-15(20)14(22-24-25)17-21-16(23-26-17)10-5-2-3-6-12(10)19/h2-8H,20H2,1H3. The zero-order valence-electron chi connectivity index (χ0n) is 13.5. The number of anilines is 1. The molecule has 7 nitrogen and oxygen atoms in total. The molecule has 2 N–H and O–H groups in total. The van der Waals surface area contributed by atoms with Crippen LogP contribution in [0, 0.1) is 6.92 Å². The minimum atomic E-state index is 0.156. The summed E-state index contributed by atoms with van der Waals surface area (Å²) in [6.07, 6.45) is 0. The minimum Gasteiger partial charge on any atom is -0.382 e. The van der Waals surface area contributed by atoms with E-state index in [1.54, 1.807) is 18.2 Å². The molecule has 4 rings (SSSR count). The molecule has 0 amide bonds. The van der Waals surface area contributed by atoms with Gasteiger partial charge in [-0.3, -0.25) is 0 Å². The molecule has 2 heterocycles. The number of nitrogens with zero attached hydrogens (tertiary/aromatic N) is 5. The van der Waals surface area contributed by atoms with Gasteiger partial charge in [-0.1, -0.05) is 51.8 Å². The van der Waals surface area contributed by atoms with E-state index in [9.17, 15) is 0 Å². The first kappa shape index (κ1) is 16.6. The highest BCUT2D eigenvalue weighted by Gasteiger charge is 2.21. The summed E-state index contributed by atoms with van der Waals surface area (Å²) in [5.41, 5.74) is 8.70. The third-order valence-corrected chi connectivity index (χ3v) is 4.65. The van der Waals surface area contributed by atoms with E-state index in [4.69, 9.17) is 33.5 Å². The van der Waals surface area contributed by atoms with Gasteiger partial charge in [-0.05, 0) is 36.8 Å². The second-order valence-corrected chi connectivity index (χ2v) is 6.34. The molecule has 2 aromatic carbocycles. The van der Waals surface area contributed by atoms with Gasteiger partial charge in [0.25, 0.3) is 5.89 Å². The number of hydrogen-bond donors (Lipinski definition) is 1. The Morgan fingerprint density at radius 2 is 1.81 bits per heavy atom. The van der Waals surface area contributed by atoms with Gasteiger partial charge in [0.05, 0.1) is 10.7 Å². The molecular weight excluding hydrogens is 375 g/mol. The van der Waals surface area contributed by atoms with Crippen molar-refractivity contribution >= 4 is 29.0 Å². The van der Waals surface area contributed by atoms with Crippen LogP contribution in [-0.4, -0.2) is 25.1 Å². The quantitative estimate of drug-likeness (QED) is 0.567. The van der Waals surface area contributed by atoms with Crippen LogP contribution in [0.4, 0.5) is 5.82 Å². The molecule has 0 spiro atoms. The Hall–Kier alpha value is -2.90. The van der Waals surface area contributed by atoms with Crippen LogP contribution in [-0.2, 0) is 0 Å². The van der Waals surface area contributed by atoms with Crippen molar-refractivity contribution in [1.29, 1.82) is 0 Å². The summed E-state index contributed by atoms with van der Waals surface area (Å²) in [5.74, 6) is 0.770. The number of benzene rings is 2. The molecular formula is C17H12Cl2N6O. The third kappa shape index (κ3) is 2.71. The Kier molecular flexibility index (Phi) is 4.10. The van der Waals surface area contributed by atoms with E-state index < -0.39 is 0 Å². The van der Waals surface area contributed by atoms with Gasteiger partial charge in [0.1, 0.15) is 0 Å². The molecule has 0 aliphatic heterocycles. The van der Waals surface area contributed by atoms with Crippen LogP contribution in [0.5, 0.6) is 0 Å². The molecule has 0 atom stereocenters. The Bertz CT molecular complexity index is 1100. The third-order valence-electron chi connectivity index (χ3n) is 3.92. The van der Waals surface area contributed by atoms with Gasteiger partial charge in [-0.25, -0.2) is 0 Å². The van der Waals surface area contributed by atoms with Crippen molar-refractivity contribution in [3.05, 3.63) is 58.1 Å². The Labute approximate surface area is 158 Å². The highest BCUT2D eigenvalue weighted by Crippen LogP contribution is 2.30. The lowest BCUT2D eigenvalue weighted by Crippen LogP contribution is -2.04. The maximum atomic E-state index is 6.21. The fraction of sp³-hybridized carbons (Fsp3) is 0.0588. The Morgan fingerprint density at radius 1 is 1.04 bits per heavy atom. The minimum absolute atomic E-state index is 0.156. The van der Waals surface area contributed by atoms with Crippen LogP contribution in [0.3, 0.4) is 0 Å². The topological polar surface area (TPSA) is 95.6 Å². The van der Waals surface area contributed by atoms with Crippen LogP contribution in [0.25, 0.3) is 28.7 Å². The number of aromatic nitrogens is 5. The van der Waals surface area contributed by atoms with Gasteiger partial charge in [-0.15, -0.1) is 5.10 Å². The predicted octanol–water partition coefficient (Wildman–Crippen LogP) is 4.18. The first-order valence-corrected chi connectivity index (χ1v) is 8.37. The molecule has 0 aliphatic carbocycles. The van der Waals surface area contributed by atoms with Crippen molar-refractivity contribution in [3.8, 4) is 28.7 Å². The lowest BCUT2D eigenvalue weighted by atomic mass is 10.2. The summed E-state index contributed by atoms with van der Waals surface area (Å²) in [4.78, 5) is 4.34. The summed E-state index contributed by atoms with van der Waals surface area (Å²) in [6, 6.07) is 12.7. The Morgan fingerprint density at radius 3 is 2.62 bits per heavy atom. The van der Waals surface area contributed by atoms with Crippen LogP contribution >= 0.6 is 23.2 Å². The molecule has 0 unspecified atom stereocenters. The summed E-state index contributed by atoms with van der Waals surface area (Å²) < 4.78 is 6.78. The van der Waals surface area contributed by atoms with Crippen molar-refractivity contribution in [3.63, 3.8) is 0 Å². The van der Waals surface area contributed by atoms with Crippen molar-refractivity contribution in [2.45, 2.75) is 6.92 Å². The monoisotopic (exact) mass is 386 g/mol. The van der Waals surface area contributed by atoms with E-state index in [1.807, 2.05) is 31.2 Å². The van der Waals surface area contributed by atoms with Gasteiger partial charge in [0.2, 0.25) is 5.82 Å². The lowest BCUT2D eigenvalue weighted by Gasteiger charge is -2.07. The highest BCUT2D eigenvalue weighted by molar-refractivity contribution is 6.33. The fourth-order valence-electron chi connectivity index (χ4n) is 2.52. The first-order valence-electron chi connectivity index (χ1n) is 7.62. The molecule has 2 aromatic heterocycles. The zero-order valence-corrected chi connectivity index (χ0v) is 15.0. The molecule has 130 valence electrons. The number of nitrogen functional groups attached to an aromatic ring is 1. The molecule has 0 bridgehead atoms. The van der Waals surface area contributed by atoms with Crippen LogP contribution in [0.1, 0.15) is 5.56 Å². The van der Waals surface area contributed by atoms with E-state index in [-0.39, 0.29) is 17.4 Å². The molecule has 0 fully saturated rings. The average molecular weight is 387 g/mol. The highest BCUT2D eigenvalue weighted by atomic mass is 35.5. The van der Waals surface area contributed by atoms with E-state index in [2.05, 4.69) is 20.5 Å². The van der Waals surface area contributed by atoms with Crippen LogP contribution in [0.15, 0.2) is 47.0 Å². The SMILES string of the molecule is Cc1c(Cl)cccc1-n1nnc(-c2nc(-c3ccccc3Cl)no2)c1N. The molecule has 9 heteroatoms. The normalized spacial score (nSPS) is 11.0. The number of halogens is 2. The van der Waals surface area contributed by atoms with E-state index in [0.717, 1.165) is 11.3 Å². The van der Waals surface area contributed by atoms with Crippen LogP contribution < -0.4 is 5.73 Å². The fourth-order valence-corrected chi connectivity index (χ4v) is 2.91. The van der Waals surface area contributed by atoms with E-state index in [0.29, 0.717) is 21.4 Å². The van der Waals surface area contributed by atoms with Gasteiger partial charge in [0, 0.05) is 10.6 Å². The summed E-state index contributed by atoms with van der Waals surface area (Å²) in [6.45, 7) is 1.88.